The minimum atomic E-state index is -0.269. The second kappa shape index (κ2) is 6.14. The number of aryl methyl sites for hydroxylation is 1. The van der Waals surface area contributed by atoms with Gasteiger partial charge < -0.3 is 14.9 Å². The van der Waals surface area contributed by atoms with E-state index in [1.807, 2.05) is 25.1 Å². The van der Waals surface area contributed by atoms with Crippen LogP contribution in [0.25, 0.3) is 0 Å². The number of hydrogen-bond donors (Lipinski definition) is 1. The van der Waals surface area contributed by atoms with Gasteiger partial charge >= 0.3 is 0 Å². The zero-order valence-corrected chi connectivity index (χ0v) is 12.6. The molecular weight excluding hydrogens is 250 g/mol. The summed E-state index contributed by atoms with van der Waals surface area (Å²) in [7, 11) is 0. The number of furan rings is 1. The number of nitrogens with two attached hydrogens (primary N) is 1. The molecule has 2 rings (SSSR count). The van der Waals surface area contributed by atoms with Crippen LogP contribution < -0.4 is 10.5 Å². The lowest BCUT2D eigenvalue weighted by atomic mass is 9.98. The Kier molecular flexibility index (Phi) is 4.50. The predicted molar refractivity (Wildman–Crippen MR) is 81.0 cm³/mol. The van der Waals surface area contributed by atoms with E-state index in [0.29, 0.717) is 5.92 Å². The predicted octanol–water partition coefficient (Wildman–Crippen LogP) is 4.18. The number of ether oxygens (including phenoxy) is 1. The topological polar surface area (TPSA) is 48.4 Å². The first-order valence-corrected chi connectivity index (χ1v) is 7.05. The molecule has 0 spiro atoms. The van der Waals surface area contributed by atoms with Gasteiger partial charge in [-0.3, -0.25) is 0 Å². The minimum Gasteiger partial charge on any atom is -0.481 e. The van der Waals surface area contributed by atoms with Gasteiger partial charge in [-0.05, 0) is 55.2 Å². The number of hydrogen-bond acceptors (Lipinski definition) is 3. The second-order valence-corrected chi connectivity index (χ2v) is 5.59. The van der Waals surface area contributed by atoms with Gasteiger partial charge in [0.15, 0.2) is 6.10 Å². The molecule has 1 aromatic carbocycles. The summed E-state index contributed by atoms with van der Waals surface area (Å²) in [6, 6.07) is 9.78. The van der Waals surface area contributed by atoms with Gasteiger partial charge in [0.05, 0.1) is 6.26 Å². The standard InChI is InChI=1S/C17H23NO2/c1-11(2)15-8-7-14(10-12(15)3)20-17(13(4)18)16-6-5-9-19-16/h5-11,13,17H,18H2,1-4H3. The molecule has 2 atom stereocenters. The van der Waals surface area contributed by atoms with E-state index in [-0.39, 0.29) is 12.1 Å². The average molecular weight is 273 g/mol. The quantitative estimate of drug-likeness (QED) is 0.889. The van der Waals surface area contributed by atoms with Crippen LogP contribution in [-0.2, 0) is 0 Å². The van der Waals surface area contributed by atoms with Crippen LogP contribution in [0, 0.1) is 6.92 Å². The largest absolute Gasteiger partial charge is 0.481 e. The van der Waals surface area contributed by atoms with E-state index in [2.05, 4.69) is 32.9 Å². The van der Waals surface area contributed by atoms with Crippen molar-refractivity contribution in [1.29, 1.82) is 0 Å². The summed E-state index contributed by atoms with van der Waals surface area (Å²) in [6.45, 7) is 8.41. The first kappa shape index (κ1) is 14.7. The summed E-state index contributed by atoms with van der Waals surface area (Å²) in [5.74, 6) is 2.09. The van der Waals surface area contributed by atoms with Gasteiger partial charge in [-0.25, -0.2) is 0 Å². The molecule has 0 saturated carbocycles. The van der Waals surface area contributed by atoms with Crippen LogP contribution in [0.2, 0.25) is 0 Å². The van der Waals surface area contributed by atoms with Crippen LogP contribution in [0.15, 0.2) is 41.0 Å². The van der Waals surface area contributed by atoms with Crippen LogP contribution in [0.5, 0.6) is 5.75 Å². The van der Waals surface area contributed by atoms with Gasteiger partial charge in [-0.2, -0.15) is 0 Å². The molecule has 3 nitrogen and oxygen atoms in total. The highest BCUT2D eigenvalue weighted by molar-refractivity contribution is 5.36. The molecule has 0 aliphatic heterocycles. The van der Waals surface area contributed by atoms with Crippen LogP contribution in [0.4, 0.5) is 0 Å². The third-order valence-electron chi connectivity index (χ3n) is 3.43. The van der Waals surface area contributed by atoms with Crippen molar-refractivity contribution in [2.75, 3.05) is 0 Å². The molecule has 0 fully saturated rings. The molecule has 2 aromatic rings. The molecule has 1 aromatic heterocycles. The Bertz CT molecular complexity index is 544. The van der Waals surface area contributed by atoms with E-state index >= 15 is 0 Å². The highest BCUT2D eigenvalue weighted by Gasteiger charge is 2.21. The summed E-state index contributed by atoms with van der Waals surface area (Å²) >= 11 is 0. The van der Waals surface area contributed by atoms with E-state index < -0.39 is 0 Å². The average Bonchev–Trinajstić information content (AvgIpc) is 2.88. The van der Waals surface area contributed by atoms with Gasteiger partial charge in [-0.15, -0.1) is 0 Å². The summed E-state index contributed by atoms with van der Waals surface area (Å²) in [4.78, 5) is 0. The van der Waals surface area contributed by atoms with Crippen LogP contribution in [-0.4, -0.2) is 6.04 Å². The Hall–Kier alpha value is -1.74. The van der Waals surface area contributed by atoms with Crippen molar-refractivity contribution in [3.63, 3.8) is 0 Å². The number of benzene rings is 1. The van der Waals surface area contributed by atoms with Gasteiger partial charge in [0, 0.05) is 6.04 Å². The minimum absolute atomic E-state index is 0.147. The molecule has 2 N–H and O–H groups in total. The molecule has 0 saturated heterocycles. The molecule has 108 valence electrons. The van der Waals surface area contributed by atoms with Gasteiger partial charge in [0.25, 0.3) is 0 Å². The molecule has 0 radical (unpaired) electrons. The summed E-state index contributed by atoms with van der Waals surface area (Å²) < 4.78 is 11.4. The van der Waals surface area contributed by atoms with Crippen molar-refractivity contribution in [1.82, 2.24) is 0 Å². The summed E-state index contributed by atoms with van der Waals surface area (Å²) in [6.07, 6.45) is 1.37. The lowest BCUT2D eigenvalue weighted by Crippen LogP contribution is -2.28. The Morgan fingerprint density at radius 1 is 1.15 bits per heavy atom. The van der Waals surface area contributed by atoms with E-state index in [1.165, 1.54) is 11.1 Å². The Morgan fingerprint density at radius 2 is 1.90 bits per heavy atom. The monoisotopic (exact) mass is 273 g/mol. The molecule has 0 aliphatic carbocycles. The molecule has 0 bridgehead atoms. The first-order chi connectivity index (χ1) is 9.49. The van der Waals surface area contributed by atoms with Gasteiger partial charge in [0.1, 0.15) is 11.5 Å². The smallest absolute Gasteiger partial charge is 0.171 e. The van der Waals surface area contributed by atoms with E-state index in [0.717, 1.165) is 11.5 Å². The zero-order chi connectivity index (χ0) is 14.7. The summed E-state index contributed by atoms with van der Waals surface area (Å²) in [5, 5.41) is 0. The van der Waals surface area contributed by atoms with Crippen LogP contribution in [0.3, 0.4) is 0 Å². The SMILES string of the molecule is Cc1cc(OC(c2ccco2)C(C)N)ccc1C(C)C. The van der Waals surface area contributed by atoms with Crippen LogP contribution in [0.1, 0.15) is 49.7 Å². The molecule has 2 unspecified atom stereocenters. The first-order valence-electron chi connectivity index (χ1n) is 7.05. The summed E-state index contributed by atoms with van der Waals surface area (Å²) in [5.41, 5.74) is 8.58. The van der Waals surface area contributed by atoms with E-state index in [9.17, 15) is 0 Å². The maximum atomic E-state index is 6.02. The lowest BCUT2D eigenvalue weighted by Gasteiger charge is -2.21. The fourth-order valence-electron chi connectivity index (χ4n) is 2.39. The van der Waals surface area contributed by atoms with Crippen molar-refractivity contribution in [3.8, 4) is 5.75 Å². The van der Waals surface area contributed by atoms with Crippen molar-refractivity contribution in [2.24, 2.45) is 5.73 Å². The van der Waals surface area contributed by atoms with Crippen molar-refractivity contribution in [2.45, 2.75) is 45.8 Å². The highest BCUT2D eigenvalue weighted by Crippen LogP contribution is 2.28. The van der Waals surface area contributed by atoms with Crippen molar-refractivity contribution in [3.05, 3.63) is 53.5 Å². The molecule has 0 aliphatic rings. The molecule has 1 heterocycles. The van der Waals surface area contributed by atoms with E-state index in [1.54, 1.807) is 6.26 Å². The van der Waals surface area contributed by atoms with Crippen LogP contribution >= 0.6 is 0 Å². The Labute approximate surface area is 120 Å². The number of rotatable bonds is 5. The zero-order valence-electron chi connectivity index (χ0n) is 12.6. The maximum Gasteiger partial charge on any atom is 0.171 e. The van der Waals surface area contributed by atoms with Crippen molar-refractivity contribution < 1.29 is 9.15 Å². The lowest BCUT2D eigenvalue weighted by molar-refractivity contribution is 0.153. The normalized spacial score (nSPS) is 14.3. The molecule has 0 amide bonds. The third-order valence-corrected chi connectivity index (χ3v) is 3.43. The fourth-order valence-corrected chi connectivity index (χ4v) is 2.39. The van der Waals surface area contributed by atoms with E-state index in [4.69, 9.17) is 14.9 Å². The Balaban J connectivity index is 2.22. The Morgan fingerprint density at radius 3 is 2.40 bits per heavy atom. The molecule has 20 heavy (non-hydrogen) atoms. The van der Waals surface area contributed by atoms with Gasteiger partial charge in [0.2, 0.25) is 0 Å². The van der Waals surface area contributed by atoms with Gasteiger partial charge in [-0.1, -0.05) is 19.9 Å². The fraction of sp³-hybridized carbons (Fsp3) is 0.412. The maximum absolute atomic E-state index is 6.02. The third kappa shape index (κ3) is 3.23. The molecule has 3 heteroatoms. The second-order valence-electron chi connectivity index (χ2n) is 5.59. The van der Waals surface area contributed by atoms with Crippen molar-refractivity contribution >= 4 is 0 Å². The highest BCUT2D eigenvalue weighted by atomic mass is 16.5. The molecular formula is C17H23NO2.